The molecule has 0 amide bonds. The van der Waals surface area contributed by atoms with Crippen LogP contribution in [-0.4, -0.2) is 88.4 Å². The molecule has 0 saturated carbocycles. The van der Waals surface area contributed by atoms with Gasteiger partial charge < -0.3 is 37.3 Å². The lowest BCUT2D eigenvalue weighted by atomic mass is 9.73. The summed E-state index contributed by atoms with van der Waals surface area (Å²) < 4.78 is 57.9. The van der Waals surface area contributed by atoms with E-state index in [-0.39, 0.29) is 35.6 Å². The smallest absolute Gasteiger partial charge is 0.200 e. The van der Waals surface area contributed by atoms with Crippen molar-refractivity contribution < 1.29 is 37.3 Å². The van der Waals surface area contributed by atoms with Gasteiger partial charge in [0.2, 0.25) is 0 Å². The maximum absolute atomic E-state index is 7.60. The SMILES string of the molecule is CC(C)[Si](OC[C@@]1(C)O[C@@]2(C)CC[C@@]3(C)O[C@H]4C[C@@H](OCc5ccccc5)[C@](C)(COCc5ccccc5)O[C@]4(C)C[C@@H]3O[C@@H]2C[C@@H]1O[Si](C)(C)C(C)(C)C)(C(C)C)C(C)C. The second-order valence-electron chi connectivity index (χ2n) is 22.9. The van der Waals surface area contributed by atoms with E-state index < -0.39 is 44.6 Å². The second kappa shape index (κ2) is 18.1. The van der Waals surface area contributed by atoms with Crippen LogP contribution in [0.1, 0.15) is 140 Å². The highest BCUT2D eigenvalue weighted by Gasteiger charge is 2.64. The summed E-state index contributed by atoms with van der Waals surface area (Å²) >= 11 is 0. The number of fused-ring (bicyclic) bond motifs is 3. The van der Waals surface area contributed by atoms with Gasteiger partial charge >= 0.3 is 0 Å². The van der Waals surface area contributed by atoms with Crippen LogP contribution in [0.2, 0.25) is 34.8 Å². The van der Waals surface area contributed by atoms with Crippen LogP contribution in [-0.2, 0) is 50.5 Å². The molecule has 0 aromatic heterocycles. The van der Waals surface area contributed by atoms with E-state index in [0.717, 1.165) is 30.4 Å². The zero-order valence-electron chi connectivity index (χ0n) is 41.0. The summed E-state index contributed by atoms with van der Waals surface area (Å²) in [5, 5.41) is 0.0317. The zero-order chi connectivity index (χ0) is 44.9. The highest BCUT2D eigenvalue weighted by Crippen LogP contribution is 2.55. The van der Waals surface area contributed by atoms with Crippen molar-refractivity contribution in [3.63, 3.8) is 0 Å². The molecule has 0 unspecified atom stereocenters. The first-order valence-electron chi connectivity index (χ1n) is 23.6. The van der Waals surface area contributed by atoms with E-state index in [0.29, 0.717) is 55.9 Å². The molecule has 4 saturated heterocycles. The first-order valence-corrected chi connectivity index (χ1v) is 28.7. The molecule has 2 aromatic carbocycles. The standard InChI is InChI=1S/C51H84O8Si2/c1-36(2)61(37(3)4,38(5)6)54-35-51(14)44(57-60(15,16)46(7,8)9)30-42-48(11,58-51)28-27-47(10)45(55-42)31-49(12)43(56-47)29-41(53-33-40-25-21-18-22-26-40)50(13,59-49)34-52-32-39-23-19-17-20-24-39/h17-26,36-38,41-45H,27-35H2,1-16H3/t41-,42-,43+,44+,45+,47-,48+,49-,50+,51-/m1/s1. The third kappa shape index (κ3) is 10.0. The predicted molar refractivity (Wildman–Crippen MR) is 251 cm³/mol. The van der Waals surface area contributed by atoms with Gasteiger partial charge in [0.1, 0.15) is 11.2 Å². The lowest BCUT2D eigenvalue weighted by molar-refractivity contribution is -0.353. The third-order valence-electron chi connectivity index (χ3n) is 16.0. The monoisotopic (exact) mass is 881 g/mol. The molecule has 0 aliphatic carbocycles. The van der Waals surface area contributed by atoms with E-state index in [1.54, 1.807) is 0 Å². The predicted octanol–water partition coefficient (Wildman–Crippen LogP) is 12.3. The molecule has 0 bridgehead atoms. The van der Waals surface area contributed by atoms with Crippen LogP contribution in [0.4, 0.5) is 0 Å². The quantitative estimate of drug-likeness (QED) is 0.164. The molecule has 2 aromatic rings. The van der Waals surface area contributed by atoms with Gasteiger partial charge in [-0.3, -0.25) is 0 Å². The minimum Gasteiger partial charge on any atom is -0.413 e. The van der Waals surface area contributed by atoms with Crippen LogP contribution in [0.3, 0.4) is 0 Å². The molecule has 4 aliphatic heterocycles. The number of rotatable bonds is 15. The topological polar surface area (TPSA) is 73.8 Å². The van der Waals surface area contributed by atoms with Gasteiger partial charge in [-0.2, -0.15) is 0 Å². The lowest BCUT2D eigenvalue weighted by Gasteiger charge is -2.59. The molecule has 0 N–H and O–H groups in total. The Hall–Kier alpha value is -1.45. The molecule has 4 heterocycles. The van der Waals surface area contributed by atoms with Crippen molar-refractivity contribution in [2.24, 2.45) is 0 Å². The zero-order valence-corrected chi connectivity index (χ0v) is 43.0. The summed E-state index contributed by atoms with van der Waals surface area (Å²) in [5.74, 6) is 0. The molecule has 6 rings (SSSR count). The maximum atomic E-state index is 7.60. The Morgan fingerprint density at radius 2 is 1.15 bits per heavy atom. The molecule has 10 atom stereocenters. The van der Waals surface area contributed by atoms with E-state index in [1.807, 2.05) is 12.1 Å². The number of benzene rings is 2. The van der Waals surface area contributed by atoms with Crippen molar-refractivity contribution >= 4 is 16.6 Å². The molecule has 4 fully saturated rings. The first kappa shape index (κ1) is 49.0. The molecule has 8 nitrogen and oxygen atoms in total. The van der Waals surface area contributed by atoms with Gasteiger partial charge in [-0.05, 0) is 93.3 Å². The Labute approximate surface area is 373 Å². The number of hydrogen-bond acceptors (Lipinski definition) is 8. The molecular formula is C51H84O8Si2. The average Bonchev–Trinajstić information content (AvgIpc) is 3.26. The summed E-state index contributed by atoms with van der Waals surface area (Å²) in [6.07, 6.45) is 2.69. The molecule has 0 radical (unpaired) electrons. The Bertz CT molecular complexity index is 1710. The fourth-order valence-electron chi connectivity index (χ4n) is 11.2. The minimum atomic E-state index is -2.23. The summed E-state index contributed by atoms with van der Waals surface area (Å²) in [4.78, 5) is 0. The van der Waals surface area contributed by atoms with Gasteiger partial charge in [0, 0.05) is 19.3 Å². The van der Waals surface area contributed by atoms with Crippen molar-refractivity contribution in [2.45, 2.75) is 236 Å². The summed E-state index contributed by atoms with van der Waals surface area (Å²) in [6.45, 7) is 38.9. The van der Waals surface area contributed by atoms with Gasteiger partial charge in [-0.25, -0.2) is 0 Å². The van der Waals surface area contributed by atoms with E-state index in [9.17, 15) is 0 Å². The minimum absolute atomic E-state index is 0.0317. The van der Waals surface area contributed by atoms with Crippen LogP contribution in [0, 0.1) is 0 Å². The van der Waals surface area contributed by atoms with Crippen LogP contribution < -0.4 is 0 Å². The third-order valence-corrected chi connectivity index (χ3v) is 26.5. The van der Waals surface area contributed by atoms with Crippen molar-refractivity contribution in [1.29, 1.82) is 0 Å². The van der Waals surface area contributed by atoms with Crippen LogP contribution in [0.25, 0.3) is 0 Å². The molecule has 61 heavy (non-hydrogen) atoms. The van der Waals surface area contributed by atoms with E-state index in [4.69, 9.17) is 37.3 Å². The molecule has 10 heteroatoms. The van der Waals surface area contributed by atoms with Crippen molar-refractivity contribution in [1.82, 2.24) is 0 Å². The number of ether oxygens (including phenoxy) is 6. The average molecular weight is 881 g/mol. The van der Waals surface area contributed by atoms with E-state index >= 15 is 0 Å². The highest BCUT2D eigenvalue weighted by atomic mass is 28.4. The lowest BCUT2D eigenvalue weighted by Crippen LogP contribution is -2.70. The fraction of sp³-hybridized carbons (Fsp3) is 0.765. The number of hydrogen-bond donors (Lipinski definition) is 0. The van der Waals surface area contributed by atoms with Crippen molar-refractivity contribution in [3.8, 4) is 0 Å². The summed E-state index contributed by atoms with van der Waals surface area (Å²) in [5.41, 5.74) is 0.551. The Morgan fingerprint density at radius 3 is 1.70 bits per heavy atom. The van der Waals surface area contributed by atoms with Gasteiger partial charge in [0.15, 0.2) is 16.6 Å². The van der Waals surface area contributed by atoms with Gasteiger partial charge in [-0.15, -0.1) is 0 Å². The maximum Gasteiger partial charge on any atom is 0.200 e. The highest BCUT2D eigenvalue weighted by molar-refractivity contribution is 6.77. The van der Waals surface area contributed by atoms with Gasteiger partial charge in [0.05, 0.1) is 73.8 Å². The summed E-state index contributed by atoms with van der Waals surface area (Å²) in [6, 6.07) is 20.7. The molecule has 4 aliphatic rings. The molecule has 0 spiro atoms. The second-order valence-corrected chi connectivity index (χ2v) is 33.1. The Kier molecular flexibility index (Phi) is 14.5. The van der Waals surface area contributed by atoms with E-state index in [1.165, 1.54) is 0 Å². The molecular weight excluding hydrogens is 797 g/mol. The van der Waals surface area contributed by atoms with Gasteiger partial charge in [0.25, 0.3) is 0 Å². The summed E-state index contributed by atoms with van der Waals surface area (Å²) in [7, 11) is -4.43. The van der Waals surface area contributed by atoms with E-state index in [2.05, 4.69) is 159 Å². The Morgan fingerprint density at radius 1 is 0.639 bits per heavy atom. The van der Waals surface area contributed by atoms with Crippen molar-refractivity contribution in [2.75, 3.05) is 13.2 Å². The van der Waals surface area contributed by atoms with Crippen LogP contribution in [0.5, 0.6) is 0 Å². The van der Waals surface area contributed by atoms with Crippen LogP contribution >= 0.6 is 0 Å². The Balaban J connectivity index is 1.28. The molecule has 344 valence electrons. The van der Waals surface area contributed by atoms with Gasteiger partial charge in [-0.1, -0.05) is 123 Å². The first-order chi connectivity index (χ1) is 28.3. The van der Waals surface area contributed by atoms with Crippen LogP contribution in [0.15, 0.2) is 60.7 Å². The largest absolute Gasteiger partial charge is 0.413 e. The normalized spacial score (nSPS) is 36.1. The fourth-order valence-corrected chi connectivity index (χ4v) is 18.2. The van der Waals surface area contributed by atoms with Crippen molar-refractivity contribution in [3.05, 3.63) is 71.8 Å².